The summed E-state index contributed by atoms with van der Waals surface area (Å²) in [6, 6.07) is -1.54. The fourth-order valence-corrected chi connectivity index (χ4v) is 6.39. The van der Waals surface area contributed by atoms with Gasteiger partial charge in [0, 0.05) is 36.9 Å². The minimum Gasteiger partial charge on any atom is -0.480 e. The molecule has 51 heavy (non-hydrogen) atoms. The quantitative estimate of drug-likeness (QED) is 0.0285. The van der Waals surface area contributed by atoms with Gasteiger partial charge in [-0.1, -0.05) is 69.9 Å². The molecule has 0 saturated heterocycles. The predicted octanol–water partition coefficient (Wildman–Crippen LogP) is 8.88. The predicted molar refractivity (Wildman–Crippen MR) is 218 cm³/mol. The molecule has 2 unspecified atom stereocenters. The Labute approximate surface area is 317 Å². The van der Waals surface area contributed by atoms with E-state index in [9.17, 15) is 19.2 Å². The number of carboxylic acids is 1. The first-order chi connectivity index (χ1) is 24.0. The molecule has 0 aliphatic heterocycles. The normalized spacial score (nSPS) is 13.2. The third-order valence-electron chi connectivity index (χ3n) is 7.39. The second kappa shape index (κ2) is 31.7. The number of carbonyl (C=O) groups excluding carboxylic acids is 3. The van der Waals surface area contributed by atoms with Gasteiger partial charge in [0.25, 0.3) is 5.91 Å². The molecule has 0 aliphatic carbocycles. The highest BCUT2D eigenvalue weighted by molar-refractivity contribution is 7.99. The smallest absolute Gasteiger partial charge is 0.327 e. The first-order valence-corrected chi connectivity index (χ1v) is 20.0. The van der Waals surface area contributed by atoms with Crippen LogP contribution in [0.15, 0.2) is 69.9 Å². The lowest BCUT2D eigenvalue weighted by atomic mass is 10.1. The van der Waals surface area contributed by atoms with Crippen molar-refractivity contribution in [3.05, 3.63) is 69.9 Å². The summed E-state index contributed by atoms with van der Waals surface area (Å²) in [5.74, 6) is 0.132. The van der Waals surface area contributed by atoms with Gasteiger partial charge in [0.05, 0.1) is 0 Å². The van der Waals surface area contributed by atoms with E-state index < -0.39 is 24.0 Å². The third kappa shape index (κ3) is 33.9. The fraction of sp³-hybridized carbons (Fsp3) is 0.600. The molecule has 11 heteroatoms. The van der Waals surface area contributed by atoms with Crippen LogP contribution >= 0.6 is 23.5 Å². The molecule has 0 saturated carbocycles. The molecule has 290 valence electrons. The van der Waals surface area contributed by atoms with Gasteiger partial charge in [0.1, 0.15) is 12.1 Å². The van der Waals surface area contributed by atoms with Gasteiger partial charge in [0.2, 0.25) is 11.8 Å². The first kappa shape index (κ1) is 50.1. The van der Waals surface area contributed by atoms with E-state index in [0.717, 1.165) is 62.9 Å². The molecule has 0 heterocycles. The highest BCUT2D eigenvalue weighted by Gasteiger charge is 2.19. The van der Waals surface area contributed by atoms with Crippen molar-refractivity contribution in [3.63, 3.8) is 0 Å². The van der Waals surface area contributed by atoms with Crippen molar-refractivity contribution in [2.75, 3.05) is 23.0 Å². The number of aliphatic carboxylic acids is 1. The van der Waals surface area contributed by atoms with E-state index in [4.69, 9.17) is 10.3 Å². The third-order valence-corrected chi connectivity index (χ3v) is 9.34. The Balaban J connectivity index is 0. The van der Waals surface area contributed by atoms with Crippen LogP contribution in [-0.2, 0) is 19.2 Å². The molecule has 0 aromatic heterocycles. The van der Waals surface area contributed by atoms with E-state index in [1.807, 2.05) is 0 Å². The number of rotatable bonds is 24. The minimum absolute atomic E-state index is 0.294. The number of hydroxylamine groups is 1. The van der Waals surface area contributed by atoms with Crippen molar-refractivity contribution < 1.29 is 29.5 Å². The average molecular weight is 750 g/mol. The van der Waals surface area contributed by atoms with E-state index in [2.05, 4.69) is 102 Å². The summed E-state index contributed by atoms with van der Waals surface area (Å²) in [4.78, 5) is 44.6. The van der Waals surface area contributed by atoms with Gasteiger partial charge in [-0.25, -0.2) is 10.3 Å². The number of amides is 3. The lowest BCUT2D eigenvalue weighted by Crippen LogP contribution is -2.46. The zero-order valence-corrected chi connectivity index (χ0v) is 34.6. The van der Waals surface area contributed by atoms with Gasteiger partial charge in [-0.15, -0.1) is 0 Å². The Kier molecular flexibility index (Phi) is 31.1. The van der Waals surface area contributed by atoms with E-state index in [1.54, 1.807) is 17.2 Å². The largest absolute Gasteiger partial charge is 0.480 e. The summed E-state index contributed by atoms with van der Waals surface area (Å²) in [5, 5.41) is 22.7. The van der Waals surface area contributed by atoms with Crippen molar-refractivity contribution >= 4 is 47.2 Å². The Morgan fingerprint density at radius 2 is 0.863 bits per heavy atom. The number of carbonyl (C=O) groups is 4. The molecule has 0 aliphatic rings. The van der Waals surface area contributed by atoms with Crippen LogP contribution in [0.4, 0.5) is 0 Å². The van der Waals surface area contributed by atoms with E-state index in [0.29, 0.717) is 11.5 Å². The van der Waals surface area contributed by atoms with Gasteiger partial charge in [-0.3, -0.25) is 19.6 Å². The van der Waals surface area contributed by atoms with Crippen LogP contribution in [0.2, 0.25) is 0 Å². The maximum absolute atomic E-state index is 11.5. The van der Waals surface area contributed by atoms with Gasteiger partial charge < -0.3 is 15.7 Å². The molecule has 5 N–H and O–H groups in total. The lowest BCUT2D eigenvalue weighted by molar-refractivity contribution is -0.140. The van der Waals surface area contributed by atoms with Crippen molar-refractivity contribution in [3.8, 4) is 0 Å². The second-order valence-electron chi connectivity index (χ2n) is 13.3. The number of nitrogens with one attached hydrogen (secondary N) is 3. The molecule has 0 spiro atoms. The molecule has 0 aromatic carbocycles. The number of hydrogen-bond donors (Lipinski definition) is 5. The fourth-order valence-electron chi connectivity index (χ4n) is 4.38. The summed E-state index contributed by atoms with van der Waals surface area (Å²) in [7, 11) is 0. The zero-order chi connectivity index (χ0) is 39.2. The Morgan fingerprint density at radius 3 is 1.20 bits per heavy atom. The summed E-state index contributed by atoms with van der Waals surface area (Å²) < 4.78 is 0. The van der Waals surface area contributed by atoms with Gasteiger partial charge in [-0.05, 0) is 107 Å². The van der Waals surface area contributed by atoms with Crippen LogP contribution in [0.25, 0.3) is 0 Å². The van der Waals surface area contributed by atoms with Crippen molar-refractivity contribution in [1.29, 1.82) is 0 Å². The highest BCUT2D eigenvalue weighted by Crippen LogP contribution is 2.14. The second-order valence-corrected chi connectivity index (χ2v) is 15.5. The topological polar surface area (TPSA) is 145 Å². The van der Waals surface area contributed by atoms with E-state index in [-0.39, 0.29) is 11.8 Å². The summed E-state index contributed by atoms with van der Waals surface area (Å²) in [5.41, 5.74) is 9.81. The summed E-state index contributed by atoms with van der Waals surface area (Å²) in [6.07, 6.45) is 22.0. The summed E-state index contributed by atoms with van der Waals surface area (Å²) >= 11 is 3.06. The van der Waals surface area contributed by atoms with Crippen LogP contribution in [-0.4, -0.2) is 69.1 Å². The Bertz CT molecular complexity index is 1240. The molecule has 0 rings (SSSR count). The van der Waals surface area contributed by atoms with Gasteiger partial charge in [-0.2, -0.15) is 23.5 Å². The Hall–Kier alpha value is -3.02. The maximum atomic E-state index is 11.5. The first-order valence-electron chi connectivity index (χ1n) is 17.7. The highest BCUT2D eigenvalue weighted by atomic mass is 32.2. The van der Waals surface area contributed by atoms with Gasteiger partial charge in [0.15, 0.2) is 0 Å². The van der Waals surface area contributed by atoms with Crippen LogP contribution in [0.3, 0.4) is 0 Å². The Morgan fingerprint density at radius 1 is 0.529 bits per heavy atom. The maximum Gasteiger partial charge on any atom is 0.327 e. The molecule has 3 amide bonds. The molecule has 0 bridgehead atoms. The van der Waals surface area contributed by atoms with Crippen LogP contribution in [0, 0.1) is 0 Å². The van der Waals surface area contributed by atoms with Crippen LogP contribution in [0.5, 0.6) is 0 Å². The van der Waals surface area contributed by atoms with E-state index >= 15 is 0 Å². The van der Waals surface area contributed by atoms with Crippen LogP contribution in [0.1, 0.15) is 121 Å². The summed E-state index contributed by atoms with van der Waals surface area (Å²) in [6.45, 7) is 19.8. The molecule has 0 aromatic rings. The average Bonchev–Trinajstić information content (AvgIpc) is 3.03. The number of thioether (sulfide) groups is 2. The van der Waals surface area contributed by atoms with Crippen LogP contribution < -0.4 is 16.1 Å². The molecule has 9 nitrogen and oxygen atoms in total. The molecule has 0 fully saturated rings. The van der Waals surface area contributed by atoms with E-state index in [1.165, 1.54) is 59.0 Å². The lowest BCUT2D eigenvalue weighted by Gasteiger charge is -2.14. The minimum atomic E-state index is -0.989. The molecular weight excluding hydrogens is 683 g/mol. The van der Waals surface area contributed by atoms with Crippen molar-refractivity contribution in [1.82, 2.24) is 16.1 Å². The van der Waals surface area contributed by atoms with Gasteiger partial charge >= 0.3 is 5.97 Å². The standard InChI is InChI=1S/C20H34N2O3S.C20H33NO3S/c1-15(2)8-6-9-16(3)10-7-11-17(4)12-13-26-14-19(20(24)22-25)21-18(5)23;1-15(2)8-6-9-16(3)10-7-11-17(4)12-13-25-14-19(20(23)24)21-18(5)22/h8,10,12,19,25H,6-7,9,11,13-14H2,1-5H3,(H,21,23)(H,22,24);8,10,12,19H,6-7,9,11,13-14H2,1-5H3,(H,21,22)(H,23,24)/b2*16-10+,17-12+. The zero-order valence-electron chi connectivity index (χ0n) is 32.9. The van der Waals surface area contributed by atoms with Crippen molar-refractivity contribution in [2.24, 2.45) is 0 Å². The molecular formula is C40H67N3O6S2. The SMILES string of the molecule is CC(=O)NC(CSC/C=C(\C)CC/C=C(\C)CCC=C(C)C)C(=O)NO.CC(=O)NC(CSC/C=C(\C)CC/C=C(\C)CCC=C(C)C)C(=O)O. The number of allylic oxidation sites excluding steroid dienone is 10. The monoisotopic (exact) mass is 749 g/mol. The number of hydrogen-bond acceptors (Lipinski definition) is 7. The van der Waals surface area contributed by atoms with Crippen molar-refractivity contribution in [2.45, 2.75) is 133 Å². The molecule has 0 radical (unpaired) electrons. The molecule has 2 atom stereocenters. The number of carboxylic acid groups (broad SMARTS) is 1.